The minimum absolute atomic E-state index is 0.0217. The number of aliphatic hydroxyl groups excluding tert-OH is 1. The van der Waals surface area contributed by atoms with Gasteiger partial charge in [0.25, 0.3) is 0 Å². The highest BCUT2D eigenvalue weighted by atomic mass is 35.5. The molecule has 0 unspecified atom stereocenters. The molecular weight excluding hydrogens is 222 g/mol. The molecule has 0 atom stereocenters. The van der Waals surface area contributed by atoms with E-state index in [9.17, 15) is 5.11 Å². The monoisotopic (exact) mass is 239 g/mol. The van der Waals surface area contributed by atoms with E-state index in [1.54, 1.807) is 0 Å². The van der Waals surface area contributed by atoms with E-state index in [4.69, 9.17) is 11.6 Å². The molecule has 2 N–H and O–H groups in total. The molecule has 2 rings (SSSR count). The minimum Gasteiger partial charge on any atom is -0.394 e. The van der Waals surface area contributed by atoms with E-state index in [0.717, 1.165) is 24.4 Å². The van der Waals surface area contributed by atoms with Crippen LogP contribution in [0.1, 0.15) is 30.4 Å². The number of rotatable bonds is 4. The van der Waals surface area contributed by atoms with Gasteiger partial charge in [-0.05, 0) is 49.4 Å². The van der Waals surface area contributed by atoms with Gasteiger partial charge in [-0.2, -0.15) is 0 Å². The van der Waals surface area contributed by atoms with Crippen LogP contribution in [-0.2, 0) is 6.54 Å². The van der Waals surface area contributed by atoms with Crippen LogP contribution in [0.2, 0.25) is 5.02 Å². The van der Waals surface area contributed by atoms with Gasteiger partial charge in [0.2, 0.25) is 0 Å². The van der Waals surface area contributed by atoms with Gasteiger partial charge in [-0.25, -0.2) is 0 Å². The predicted molar refractivity (Wildman–Crippen MR) is 66.7 cm³/mol. The van der Waals surface area contributed by atoms with Gasteiger partial charge >= 0.3 is 0 Å². The standard InChI is InChI=1S/C13H18ClNO/c1-10-7-12(14)4-3-11(10)8-15-13(9-16)5-2-6-13/h3-4,7,15-16H,2,5-6,8-9H2,1H3. The van der Waals surface area contributed by atoms with Crippen molar-refractivity contribution in [2.45, 2.75) is 38.3 Å². The summed E-state index contributed by atoms with van der Waals surface area (Å²) in [5.41, 5.74) is 2.43. The highest BCUT2D eigenvalue weighted by molar-refractivity contribution is 6.30. The Bertz CT molecular complexity index is 369. The summed E-state index contributed by atoms with van der Waals surface area (Å²) in [5.74, 6) is 0. The third-order valence-corrected chi connectivity index (χ3v) is 3.81. The highest BCUT2D eigenvalue weighted by Crippen LogP contribution is 2.31. The largest absolute Gasteiger partial charge is 0.394 e. The first kappa shape index (κ1) is 11.9. The Morgan fingerprint density at radius 3 is 2.69 bits per heavy atom. The van der Waals surface area contributed by atoms with Crippen LogP contribution in [0.25, 0.3) is 0 Å². The van der Waals surface area contributed by atoms with Crippen LogP contribution in [-0.4, -0.2) is 17.3 Å². The van der Waals surface area contributed by atoms with Gasteiger partial charge in [0.15, 0.2) is 0 Å². The Labute approximate surface area is 102 Å². The summed E-state index contributed by atoms with van der Waals surface area (Å²) in [4.78, 5) is 0. The number of aliphatic hydroxyl groups is 1. The normalized spacial score (nSPS) is 18.2. The second kappa shape index (κ2) is 4.74. The third kappa shape index (κ3) is 2.40. The lowest BCUT2D eigenvalue weighted by Crippen LogP contribution is -2.53. The molecule has 1 aromatic carbocycles. The van der Waals surface area contributed by atoms with Crippen LogP contribution in [0.4, 0.5) is 0 Å². The lowest BCUT2D eigenvalue weighted by atomic mass is 9.77. The molecule has 88 valence electrons. The van der Waals surface area contributed by atoms with Crippen molar-refractivity contribution in [1.82, 2.24) is 5.32 Å². The van der Waals surface area contributed by atoms with Crippen molar-refractivity contribution in [3.8, 4) is 0 Å². The minimum atomic E-state index is -0.0217. The van der Waals surface area contributed by atoms with Gasteiger partial charge in [0, 0.05) is 17.1 Å². The molecule has 0 saturated heterocycles. The van der Waals surface area contributed by atoms with Gasteiger partial charge in [-0.1, -0.05) is 17.7 Å². The molecule has 0 amide bonds. The van der Waals surface area contributed by atoms with E-state index in [1.807, 2.05) is 12.1 Å². The Morgan fingerprint density at radius 1 is 1.44 bits per heavy atom. The van der Waals surface area contributed by atoms with Gasteiger partial charge in [0.1, 0.15) is 0 Å². The maximum Gasteiger partial charge on any atom is 0.0613 e. The fraction of sp³-hybridized carbons (Fsp3) is 0.538. The number of halogens is 1. The Hall–Kier alpha value is -0.570. The number of hydrogen-bond donors (Lipinski definition) is 2. The average Bonchev–Trinajstić information content (AvgIpc) is 2.19. The molecule has 0 spiro atoms. The Kier molecular flexibility index (Phi) is 3.53. The fourth-order valence-electron chi connectivity index (χ4n) is 2.13. The maximum absolute atomic E-state index is 9.34. The topological polar surface area (TPSA) is 32.3 Å². The molecule has 0 bridgehead atoms. The molecule has 0 aliphatic heterocycles. The number of aryl methyl sites for hydroxylation is 1. The molecule has 1 fully saturated rings. The van der Waals surface area contributed by atoms with E-state index in [1.165, 1.54) is 17.5 Å². The third-order valence-electron chi connectivity index (χ3n) is 3.57. The number of benzene rings is 1. The van der Waals surface area contributed by atoms with Gasteiger partial charge in [0.05, 0.1) is 6.61 Å². The summed E-state index contributed by atoms with van der Waals surface area (Å²) in [6.07, 6.45) is 3.37. The van der Waals surface area contributed by atoms with Crippen molar-refractivity contribution in [2.75, 3.05) is 6.61 Å². The lowest BCUT2D eigenvalue weighted by Gasteiger charge is -2.41. The zero-order valence-corrected chi connectivity index (χ0v) is 10.3. The predicted octanol–water partition coefficient (Wildman–Crippen LogP) is 2.65. The SMILES string of the molecule is Cc1cc(Cl)ccc1CNC1(CO)CCC1. The molecule has 1 aliphatic carbocycles. The summed E-state index contributed by atoms with van der Waals surface area (Å²) in [6, 6.07) is 5.94. The first-order valence-corrected chi connectivity index (χ1v) is 6.14. The maximum atomic E-state index is 9.34. The van der Waals surface area contributed by atoms with Crippen LogP contribution in [0.3, 0.4) is 0 Å². The second-order valence-corrected chi connectivity index (χ2v) is 5.15. The number of nitrogens with one attached hydrogen (secondary N) is 1. The van der Waals surface area contributed by atoms with Crippen molar-refractivity contribution < 1.29 is 5.11 Å². The summed E-state index contributed by atoms with van der Waals surface area (Å²) in [7, 11) is 0. The molecule has 2 nitrogen and oxygen atoms in total. The summed E-state index contributed by atoms with van der Waals surface area (Å²) in [5, 5.41) is 13.6. The molecule has 1 aliphatic rings. The summed E-state index contributed by atoms with van der Waals surface area (Å²) in [6.45, 7) is 3.11. The van der Waals surface area contributed by atoms with Gasteiger partial charge < -0.3 is 10.4 Å². The molecule has 1 saturated carbocycles. The quantitative estimate of drug-likeness (QED) is 0.847. The molecule has 3 heteroatoms. The van der Waals surface area contributed by atoms with Crippen LogP contribution < -0.4 is 5.32 Å². The van der Waals surface area contributed by atoms with Crippen molar-refractivity contribution in [3.63, 3.8) is 0 Å². The van der Waals surface area contributed by atoms with Gasteiger partial charge in [-0.3, -0.25) is 0 Å². The van der Waals surface area contributed by atoms with Crippen LogP contribution in [0.5, 0.6) is 0 Å². The molecular formula is C13H18ClNO. The van der Waals surface area contributed by atoms with Crippen LogP contribution >= 0.6 is 11.6 Å². The lowest BCUT2D eigenvalue weighted by molar-refractivity contribution is 0.0871. The van der Waals surface area contributed by atoms with Crippen LogP contribution in [0, 0.1) is 6.92 Å². The van der Waals surface area contributed by atoms with Crippen LogP contribution in [0.15, 0.2) is 18.2 Å². The summed E-state index contributed by atoms with van der Waals surface area (Å²) < 4.78 is 0. The highest BCUT2D eigenvalue weighted by Gasteiger charge is 2.35. The average molecular weight is 240 g/mol. The molecule has 0 heterocycles. The zero-order chi connectivity index (χ0) is 11.6. The number of hydrogen-bond acceptors (Lipinski definition) is 2. The first-order valence-electron chi connectivity index (χ1n) is 5.76. The van der Waals surface area contributed by atoms with E-state index in [0.29, 0.717) is 0 Å². The van der Waals surface area contributed by atoms with Crippen molar-refractivity contribution >= 4 is 11.6 Å². The Morgan fingerprint density at radius 2 is 2.19 bits per heavy atom. The molecule has 1 aromatic rings. The van der Waals surface area contributed by atoms with E-state index in [2.05, 4.69) is 18.3 Å². The smallest absolute Gasteiger partial charge is 0.0613 e. The fourth-order valence-corrected chi connectivity index (χ4v) is 2.36. The first-order chi connectivity index (χ1) is 7.65. The second-order valence-electron chi connectivity index (χ2n) is 4.72. The Balaban J connectivity index is 1.99. The molecule has 16 heavy (non-hydrogen) atoms. The van der Waals surface area contributed by atoms with E-state index >= 15 is 0 Å². The van der Waals surface area contributed by atoms with E-state index in [-0.39, 0.29) is 12.1 Å². The van der Waals surface area contributed by atoms with E-state index < -0.39 is 0 Å². The van der Waals surface area contributed by atoms with Crippen molar-refractivity contribution in [3.05, 3.63) is 34.3 Å². The van der Waals surface area contributed by atoms with Gasteiger partial charge in [-0.15, -0.1) is 0 Å². The molecule has 0 radical (unpaired) electrons. The molecule has 0 aromatic heterocycles. The zero-order valence-electron chi connectivity index (χ0n) is 9.59. The van der Waals surface area contributed by atoms with Crippen molar-refractivity contribution in [1.29, 1.82) is 0 Å². The summed E-state index contributed by atoms with van der Waals surface area (Å²) >= 11 is 5.91. The van der Waals surface area contributed by atoms with Crippen molar-refractivity contribution in [2.24, 2.45) is 0 Å².